The van der Waals surface area contributed by atoms with Crippen LogP contribution >= 0.6 is 0 Å². The van der Waals surface area contributed by atoms with Gasteiger partial charge in [0.2, 0.25) is 5.91 Å². The maximum Gasteiger partial charge on any atom is 0.318 e. The number of aliphatic hydroxyl groups excluding tert-OH is 1. The van der Waals surface area contributed by atoms with Crippen LogP contribution in [0.2, 0.25) is 0 Å². The van der Waals surface area contributed by atoms with Crippen molar-refractivity contribution in [2.45, 2.75) is 25.8 Å². The number of carbonyl (C=O) groups excluding carboxylic acids is 1. The largest absolute Gasteiger partial charge is 0.467 e. The van der Waals surface area contributed by atoms with Crippen LogP contribution in [0.4, 0.5) is 5.82 Å². The fraction of sp³-hybridized carbons (Fsp3) is 0.560. The van der Waals surface area contributed by atoms with E-state index >= 15 is 0 Å². The van der Waals surface area contributed by atoms with Crippen LogP contribution in [0.15, 0.2) is 25.0 Å². The Morgan fingerprint density at radius 2 is 2.03 bits per heavy atom. The summed E-state index contributed by atoms with van der Waals surface area (Å²) >= 11 is 0. The molecule has 11 heteroatoms. The number of carbonyl (C=O) groups is 1. The SMILES string of the molecule is C=CC(=O)N1CC2(CCN(c3nc(OC)nc(-c4cnn(CCO)c4)c3C#N)C2)C1.CN1CCCC1. The Bertz CT molecular complexity index is 1130. The van der Waals surface area contributed by atoms with Crippen molar-refractivity contribution in [3.05, 3.63) is 30.6 Å². The van der Waals surface area contributed by atoms with Crippen molar-refractivity contribution >= 4 is 11.7 Å². The first-order valence-electron chi connectivity index (χ1n) is 12.3. The van der Waals surface area contributed by atoms with Crippen LogP contribution < -0.4 is 9.64 Å². The zero-order chi connectivity index (χ0) is 25.7. The molecule has 11 nitrogen and oxygen atoms in total. The van der Waals surface area contributed by atoms with Gasteiger partial charge in [-0.2, -0.15) is 20.3 Å². The number of aliphatic hydroxyl groups is 1. The smallest absolute Gasteiger partial charge is 0.318 e. The van der Waals surface area contributed by atoms with Crippen LogP contribution in [-0.4, -0.2) is 101 Å². The van der Waals surface area contributed by atoms with Gasteiger partial charge in [-0.05, 0) is 45.5 Å². The first kappa shape index (κ1) is 25.6. The van der Waals surface area contributed by atoms with Crippen LogP contribution in [0.5, 0.6) is 6.01 Å². The highest BCUT2D eigenvalue weighted by molar-refractivity contribution is 5.87. The van der Waals surface area contributed by atoms with Crippen molar-refractivity contribution in [2.24, 2.45) is 5.41 Å². The Morgan fingerprint density at radius 3 is 2.61 bits per heavy atom. The lowest BCUT2D eigenvalue weighted by molar-refractivity contribution is -0.136. The van der Waals surface area contributed by atoms with Gasteiger partial charge in [-0.1, -0.05) is 6.58 Å². The lowest BCUT2D eigenvalue weighted by Gasteiger charge is -2.47. The number of methoxy groups -OCH3 is 1. The average Bonchev–Trinajstić information content (AvgIpc) is 3.63. The molecule has 0 radical (unpaired) electrons. The molecule has 0 unspecified atom stereocenters. The van der Waals surface area contributed by atoms with E-state index in [1.807, 2.05) is 0 Å². The number of hydrogen-bond acceptors (Lipinski definition) is 9. The molecule has 1 spiro atoms. The molecule has 0 aliphatic carbocycles. The molecule has 192 valence electrons. The lowest BCUT2D eigenvalue weighted by atomic mass is 9.79. The number of rotatable bonds is 6. The molecule has 0 bridgehead atoms. The zero-order valence-corrected chi connectivity index (χ0v) is 21.1. The van der Waals surface area contributed by atoms with E-state index < -0.39 is 0 Å². The second-order valence-electron chi connectivity index (χ2n) is 9.67. The summed E-state index contributed by atoms with van der Waals surface area (Å²) in [6.45, 7) is 9.29. The summed E-state index contributed by atoms with van der Waals surface area (Å²) < 4.78 is 6.89. The van der Waals surface area contributed by atoms with E-state index in [1.54, 1.807) is 22.0 Å². The van der Waals surface area contributed by atoms with Gasteiger partial charge in [0.05, 0.1) is 26.5 Å². The summed E-state index contributed by atoms with van der Waals surface area (Å²) in [7, 11) is 3.66. The molecule has 3 aliphatic heterocycles. The minimum absolute atomic E-state index is 0.00968. The molecule has 3 aliphatic rings. The number of nitriles is 1. The molecule has 3 saturated heterocycles. The first-order valence-corrected chi connectivity index (χ1v) is 12.3. The third-order valence-electron chi connectivity index (χ3n) is 7.01. The summed E-state index contributed by atoms with van der Waals surface area (Å²) in [5.41, 5.74) is 1.47. The minimum Gasteiger partial charge on any atom is -0.467 e. The van der Waals surface area contributed by atoms with Crippen LogP contribution in [0, 0.1) is 16.7 Å². The molecule has 5 heterocycles. The highest BCUT2D eigenvalue weighted by Crippen LogP contribution is 2.42. The molecule has 0 aromatic carbocycles. The van der Waals surface area contributed by atoms with Crippen molar-refractivity contribution in [1.29, 1.82) is 5.26 Å². The predicted molar refractivity (Wildman–Crippen MR) is 134 cm³/mol. The van der Waals surface area contributed by atoms with E-state index in [0.717, 1.165) is 13.0 Å². The highest BCUT2D eigenvalue weighted by Gasteiger charge is 2.49. The molecule has 2 aromatic rings. The van der Waals surface area contributed by atoms with E-state index in [4.69, 9.17) is 9.84 Å². The van der Waals surface area contributed by atoms with Gasteiger partial charge >= 0.3 is 6.01 Å². The van der Waals surface area contributed by atoms with Crippen LogP contribution in [-0.2, 0) is 11.3 Å². The fourth-order valence-electron chi connectivity index (χ4n) is 5.07. The van der Waals surface area contributed by atoms with Gasteiger partial charge in [-0.25, -0.2) is 0 Å². The second-order valence-corrected chi connectivity index (χ2v) is 9.67. The van der Waals surface area contributed by atoms with Crippen molar-refractivity contribution in [3.8, 4) is 23.3 Å². The molecule has 3 fully saturated rings. The van der Waals surface area contributed by atoms with Gasteiger partial charge in [-0.15, -0.1) is 0 Å². The monoisotopic (exact) mass is 494 g/mol. The van der Waals surface area contributed by atoms with Crippen molar-refractivity contribution in [2.75, 3.05) is 64.9 Å². The first-order chi connectivity index (χ1) is 17.4. The van der Waals surface area contributed by atoms with E-state index in [0.29, 0.717) is 48.8 Å². The third-order valence-corrected chi connectivity index (χ3v) is 7.01. The van der Waals surface area contributed by atoms with E-state index in [2.05, 4.69) is 44.6 Å². The summed E-state index contributed by atoms with van der Waals surface area (Å²) in [5.74, 6) is 0.474. The van der Waals surface area contributed by atoms with Crippen molar-refractivity contribution < 1.29 is 14.6 Å². The van der Waals surface area contributed by atoms with Gasteiger partial charge in [-0.3, -0.25) is 9.48 Å². The molecule has 2 aromatic heterocycles. The average molecular weight is 495 g/mol. The third kappa shape index (κ3) is 5.34. The minimum atomic E-state index is -0.0531. The number of ether oxygens (including phenoxy) is 1. The Morgan fingerprint density at radius 1 is 1.28 bits per heavy atom. The molecule has 36 heavy (non-hydrogen) atoms. The molecule has 1 N–H and O–H groups in total. The zero-order valence-electron chi connectivity index (χ0n) is 21.1. The second kappa shape index (κ2) is 11.1. The Kier molecular flexibility index (Phi) is 7.86. The maximum atomic E-state index is 11.8. The number of amides is 1. The van der Waals surface area contributed by atoms with E-state index in [-0.39, 0.29) is 23.9 Å². The standard InChI is InChI=1S/C20H23N7O3.C5H11N/c1-3-16(29)26-12-20(13-26)4-5-25(11-20)18-15(8-21)17(23-19(24-18)30-2)14-9-22-27(10-14)6-7-28;1-6-4-2-3-5-6/h3,9-10,28H,1,4-7,11-13H2,2H3;2-5H2,1H3. The molecular formula is C25H34N8O3. The molecular weight excluding hydrogens is 460 g/mol. The highest BCUT2D eigenvalue weighted by atomic mass is 16.5. The van der Waals surface area contributed by atoms with Crippen molar-refractivity contribution in [1.82, 2.24) is 29.5 Å². The summed E-state index contributed by atoms with van der Waals surface area (Å²) in [4.78, 5) is 26.9. The van der Waals surface area contributed by atoms with E-state index in [1.165, 1.54) is 39.1 Å². The molecule has 1 amide bonds. The fourth-order valence-corrected chi connectivity index (χ4v) is 5.07. The topological polar surface area (TPSA) is 124 Å². The van der Waals surface area contributed by atoms with Gasteiger partial charge in [0.15, 0.2) is 5.82 Å². The maximum absolute atomic E-state index is 11.8. The summed E-state index contributed by atoms with van der Waals surface area (Å²) in [5, 5.41) is 23.2. The van der Waals surface area contributed by atoms with Gasteiger partial charge in [0.25, 0.3) is 0 Å². The normalized spacial score (nSPS) is 18.4. The molecule has 5 rings (SSSR count). The predicted octanol–water partition coefficient (Wildman–Crippen LogP) is 1.15. The van der Waals surface area contributed by atoms with Gasteiger partial charge < -0.3 is 24.5 Å². The van der Waals surface area contributed by atoms with E-state index in [9.17, 15) is 10.1 Å². The number of aromatic nitrogens is 4. The van der Waals surface area contributed by atoms with Gasteiger partial charge in [0, 0.05) is 43.4 Å². The molecule has 0 atom stereocenters. The van der Waals surface area contributed by atoms with Crippen LogP contribution in [0.1, 0.15) is 24.8 Å². The van der Waals surface area contributed by atoms with Crippen LogP contribution in [0.25, 0.3) is 11.3 Å². The lowest BCUT2D eigenvalue weighted by Crippen LogP contribution is -2.59. The number of likely N-dealkylation sites (tertiary alicyclic amines) is 2. The number of anilines is 1. The Labute approximate surface area is 211 Å². The van der Waals surface area contributed by atoms with Crippen molar-refractivity contribution in [3.63, 3.8) is 0 Å². The number of nitrogens with zero attached hydrogens (tertiary/aromatic N) is 8. The van der Waals surface area contributed by atoms with Crippen LogP contribution in [0.3, 0.4) is 0 Å². The Hall–Kier alpha value is -3.49. The summed E-state index contributed by atoms with van der Waals surface area (Å²) in [6, 6.07) is 2.42. The van der Waals surface area contributed by atoms with Gasteiger partial charge in [0.1, 0.15) is 17.3 Å². The Balaban J connectivity index is 0.000000445. The number of hydrogen-bond donors (Lipinski definition) is 1. The molecule has 0 saturated carbocycles. The quantitative estimate of drug-likeness (QED) is 0.589. The summed E-state index contributed by atoms with van der Waals surface area (Å²) in [6.07, 6.45) is 8.42.